The van der Waals surface area contributed by atoms with Crippen molar-refractivity contribution >= 4 is 27.8 Å². The van der Waals surface area contributed by atoms with Crippen molar-refractivity contribution in [2.45, 2.75) is 5.41 Å². The lowest BCUT2D eigenvalue weighted by atomic mass is 9.70. The van der Waals surface area contributed by atoms with Crippen LogP contribution >= 0.6 is 0 Å². The molecule has 0 amide bonds. The molecule has 0 bridgehead atoms. The Balaban J connectivity index is 1.08. The number of rotatable bonds is 5. The zero-order valence-corrected chi connectivity index (χ0v) is 29.3. The maximum absolute atomic E-state index is 8.56. The van der Waals surface area contributed by atoms with Gasteiger partial charge in [0.05, 0.1) is 18.0 Å². The zero-order valence-electron chi connectivity index (χ0n) is 34.3. The minimum absolute atomic E-state index is 0.187. The molecule has 252 valence electrons. The lowest BCUT2D eigenvalue weighted by molar-refractivity contribution is 0.794. The normalized spacial score (nSPS) is 14.3. The highest BCUT2D eigenvalue weighted by Crippen LogP contribution is 2.63. The van der Waals surface area contributed by atoms with Gasteiger partial charge in [0.25, 0.3) is 0 Å². The maximum atomic E-state index is 8.56. The Morgan fingerprint density at radius 3 is 1.50 bits per heavy atom. The van der Waals surface area contributed by atoms with Crippen LogP contribution in [0, 0.1) is 0 Å². The van der Waals surface area contributed by atoms with E-state index in [-0.39, 0.29) is 29.7 Å². The molecule has 0 fully saturated rings. The lowest BCUT2D eigenvalue weighted by Crippen LogP contribution is -2.25. The van der Waals surface area contributed by atoms with Crippen LogP contribution < -0.4 is 4.90 Å². The van der Waals surface area contributed by atoms with Gasteiger partial charge in [-0.25, -0.2) is 0 Å². The Morgan fingerprint density at radius 1 is 0.352 bits per heavy atom. The predicted molar refractivity (Wildman–Crippen MR) is 226 cm³/mol. The molecular weight excluding hydrogens is 651 g/mol. The second-order valence-corrected chi connectivity index (χ2v) is 14.0. The number of para-hydroxylation sites is 1. The minimum atomic E-state index is -0.434. The van der Waals surface area contributed by atoms with E-state index in [9.17, 15) is 0 Å². The van der Waals surface area contributed by atoms with Crippen LogP contribution in [0.15, 0.2) is 212 Å². The Bertz CT molecular complexity index is 3080. The summed E-state index contributed by atoms with van der Waals surface area (Å²) in [6.45, 7) is 0. The summed E-state index contributed by atoms with van der Waals surface area (Å²) < 4.78 is 41.6. The molecule has 2 aliphatic carbocycles. The van der Waals surface area contributed by atoms with Crippen molar-refractivity contribution in [2.75, 3.05) is 4.90 Å². The molecule has 0 radical (unpaired) electrons. The highest BCUT2D eigenvalue weighted by molar-refractivity contribution is 6.07. The molecule has 0 N–H and O–H groups in total. The summed E-state index contributed by atoms with van der Waals surface area (Å²) in [6.07, 6.45) is 0. The Labute approximate surface area is 323 Å². The molecule has 0 heterocycles. The molecule has 9 aromatic rings. The summed E-state index contributed by atoms with van der Waals surface area (Å²) in [7, 11) is 0. The van der Waals surface area contributed by atoms with Crippen LogP contribution in [0.5, 0.6) is 0 Å². The van der Waals surface area contributed by atoms with Crippen molar-refractivity contribution in [3.63, 3.8) is 0 Å². The molecule has 0 aliphatic heterocycles. The van der Waals surface area contributed by atoms with Gasteiger partial charge in [-0.1, -0.05) is 176 Å². The van der Waals surface area contributed by atoms with Crippen LogP contribution in [0.4, 0.5) is 17.1 Å². The van der Waals surface area contributed by atoms with E-state index < -0.39 is 11.5 Å². The summed E-state index contributed by atoms with van der Waals surface area (Å²) in [5.74, 6) is 0. The first kappa shape index (κ1) is 25.9. The van der Waals surface area contributed by atoms with Gasteiger partial charge >= 0.3 is 0 Å². The maximum Gasteiger partial charge on any atom is 0.0725 e. The third kappa shape index (κ3) is 4.39. The fourth-order valence-corrected chi connectivity index (χ4v) is 9.17. The largest absolute Gasteiger partial charge is 0.310 e. The van der Waals surface area contributed by atoms with Gasteiger partial charge in [-0.05, 0) is 109 Å². The SMILES string of the molecule is [2H]c1c([2H])c([2H])c(-c2ccc(N(c3ccccc3)c3ccc(-c4ccc5c(c4)C4(c6ccccc6-c6ccccc64)c4ccccc4-5)c4ccccc34)cc2)c([2H])c1[2H]. The fraction of sp³-hybridized carbons (Fsp3) is 0.0189. The number of fused-ring (bicyclic) bond motifs is 11. The molecular formula is C53H35N. The topological polar surface area (TPSA) is 3.24 Å². The van der Waals surface area contributed by atoms with E-state index in [0.717, 1.165) is 39.0 Å². The lowest BCUT2D eigenvalue weighted by Gasteiger charge is -2.31. The van der Waals surface area contributed by atoms with Crippen molar-refractivity contribution < 1.29 is 6.85 Å². The Morgan fingerprint density at radius 2 is 0.852 bits per heavy atom. The second-order valence-electron chi connectivity index (χ2n) is 14.0. The number of anilines is 3. The molecule has 9 aromatic carbocycles. The van der Waals surface area contributed by atoms with Crippen molar-refractivity contribution in [2.24, 2.45) is 0 Å². The van der Waals surface area contributed by atoms with Gasteiger partial charge in [0.2, 0.25) is 0 Å². The molecule has 54 heavy (non-hydrogen) atoms. The van der Waals surface area contributed by atoms with Gasteiger partial charge in [0.15, 0.2) is 0 Å². The van der Waals surface area contributed by atoms with Gasteiger partial charge in [-0.15, -0.1) is 0 Å². The number of benzene rings is 9. The Kier molecular flexibility index (Phi) is 5.78. The van der Waals surface area contributed by atoms with Gasteiger partial charge in [0.1, 0.15) is 0 Å². The van der Waals surface area contributed by atoms with Crippen LogP contribution in [-0.2, 0) is 5.41 Å². The fourth-order valence-electron chi connectivity index (χ4n) is 9.17. The third-order valence-electron chi connectivity index (χ3n) is 11.4. The van der Waals surface area contributed by atoms with Gasteiger partial charge in [0, 0.05) is 16.8 Å². The number of hydrogen-bond donors (Lipinski definition) is 0. The molecule has 0 unspecified atom stereocenters. The third-order valence-corrected chi connectivity index (χ3v) is 11.4. The molecule has 0 atom stereocenters. The Hall–Kier alpha value is -6.96. The second kappa shape index (κ2) is 12.0. The van der Waals surface area contributed by atoms with Gasteiger partial charge in [-0.2, -0.15) is 0 Å². The van der Waals surface area contributed by atoms with Crippen LogP contribution in [0.3, 0.4) is 0 Å². The van der Waals surface area contributed by atoms with Crippen LogP contribution in [0.2, 0.25) is 0 Å². The average molecular weight is 691 g/mol. The van der Waals surface area contributed by atoms with Crippen molar-refractivity contribution in [1.82, 2.24) is 0 Å². The molecule has 1 heteroatoms. The first-order chi connectivity index (χ1) is 28.9. The quantitative estimate of drug-likeness (QED) is 0.174. The smallest absolute Gasteiger partial charge is 0.0725 e. The minimum Gasteiger partial charge on any atom is -0.310 e. The first-order valence-corrected chi connectivity index (χ1v) is 18.4. The molecule has 1 nitrogen and oxygen atoms in total. The number of hydrogen-bond acceptors (Lipinski definition) is 1. The molecule has 0 saturated carbocycles. The van der Waals surface area contributed by atoms with E-state index in [4.69, 9.17) is 6.85 Å². The molecule has 0 aromatic heterocycles. The van der Waals surface area contributed by atoms with E-state index in [1.54, 1.807) is 0 Å². The summed E-state index contributed by atoms with van der Waals surface area (Å²) in [4.78, 5) is 2.22. The first-order valence-electron chi connectivity index (χ1n) is 20.9. The molecule has 11 rings (SSSR count). The molecule has 1 spiro atoms. The van der Waals surface area contributed by atoms with Crippen LogP contribution in [0.25, 0.3) is 55.3 Å². The van der Waals surface area contributed by atoms with Crippen molar-refractivity contribution in [3.05, 3.63) is 234 Å². The highest BCUT2D eigenvalue weighted by atomic mass is 15.1. The van der Waals surface area contributed by atoms with E-state index in [0.29, 0.717) is 5.56 Å². The summed E-state index contributed by atoms with van der Waals surface area (Å²) >= 11 is 0. The van der Waals surface area contributed by atoms with Crippen LogP contribution in [0.1, 0.15) is 29.1 Å². The number of nitrogens with zero attached hydrogens (tertiary/aromatic N) is 1. The highest BCUT2D eigenvalue weighted by Gasteiger charge is 2.51. The van der Waals surface area contributed by atoms with E-state index >= 15 is 0 Å². The van der Waals surface area contributed by atoms with Gasteiger partial charge in [-0.3, -0.25) is 0 Å². The van der Waals surface area contributed by atoms with Crippen LogP contribution in [-0.4, -0.2) is 0 Å². The monoisotopic (exact) mass is 690 g/mol. The van der Waals surface area contributed by atoms with Crippen molar-refractivity contribution in [1.29, 1.82) is 0 Å². The summed E-state index contributed by atoms with van der Waals surface area (Å²) in [5.41, 5.74) is 15.8. The van der Waals surface area contributed by atoms with E-state index in [1.807, 2.05) is 42.5 Å². The predicted octanol–water partition coefficient (Wildman–Crippen LogP) is 14.0. The van der Waals surface area contributed by atoms with E-state index in [2.05, 4.69) is 144 Å². The zero-order chi connectivity index (χ0) is 40.0. The molecule has 0 saturated heterocycles. The van der Waals surface area contributed by atoms with Gasteiger partial charge < -0.3 is 4.90 Å². The van der Waals surface area contributed by atoms with Crippen molar-refractivity contribution in [3.8, 4) is 44.5 Å². The average Bonchev–Trinajstić information content (AvgIpc) is 3.76. The molecule has 2 aliphatic rings. The standard InChI is InChI=1S/C53H35N/c1-3-15-36(16-4-1)37-27-30-40(31-28-37)54(39-17-5-2-6-18-39)52-34-33-41(42-19-7-8-23-47(42)52)38-29-32-46-45-22-11-14-26-50(45)53(51(46)35-38)48-24-12-9-20-43(48)44-21-10-13-25-49(44)53/h1-35H/i1D,3D,4D,15D,16D. The summed E-state index contributed by atoms with van der Waals surface area (Å²) in [6, 6.07) is 63.0. The van der Waals surface area contributed by atoms with E-state index in [1.165, 1.54) is 44.5 Å². The summed E-state index contributed by atoms with van der Waals surface area (Å²) in [5, 5.41) is 2.21.